The van der Waals surface area contributed by atoms with Gasteiger partial charge < -0.3 is 15.1 Å². The second-order valence-corrected chi connectivity index (χ2v) is 5.46. The maximum absolute atomic E-state index is 11.9. The van der Waals surface area contributed by atoms with E-state index in [0.29, 0.717) is 11.4 Å². The van der Waals surface area contributed by atoms with Crippen molar-refractivity contribution in [3.63, 3.8) is 0 Å². The van der Waals surface area contributed by atoms with Gasteiger partial charge in [-0.25, -0.2) is 0 Å². The van der Waals surface area contributed by atoms with Gasteiger partial charge in [0, 0.05) is 31.1 Å². The topological polar surface area (TPSA) is 35.6 Å². The molecule has 2 aliphatic heterocycles. The van der Waals surface area contributed by atoms with Gasteiger partial charge in [0.2, 0.25) is 5.91 Å². The number of hydrogen-bond donors (Lipinski definition) is 1. The number of nitrogens with one attached hydrogen (secondary N) is 1. The minimum Gasteiger partial charge on any atom is -0.364 e. The molecule has 3 rings (SSSR count). The second kappa shape index (κ2) is 4.44. The van der Waals surface area contributed by atoms with Gasteiger partial charge in [-0.05, 0) is 25.2 Å². The van der Waals surface area contributed by atoms with E-state index < -0.39 is 0 Å². The predicted octanol–water partition coefficient (Wildman–Crippen LogP) is 1.80. The first-order chi connectivity index (χ1) is 8.63. The zero-order chi connectivity index (χ0) is 12.7. The largest absolute Gasteiger partial charge is 0.364 e. The van der Waals surface area contributed by atoms with Crippen LogP contribution in [0.15, 0.2) is 18.2 Å². The molecule has 0 radical (unpaired) electrons. The Morgan fingerprint density at radius 3 is 3.06 bits per heavy atom. The number of halogens is 1. The van der Waals surface area contributed by atoms with Crippen LogP contribution in [0.4, 0.5) is 11.4 Å². The number of fused-ring (bicyclic) bond motifs is 3. The summed E-state index contributed by atoms with van der Waals surface area (Å²) in [5.41, 5.74) is 1.92. The first-order valence-electron chi connectivity index (χ1n) is 6.18. The lowest BCUT2D eigenvalue weighted by atomic mass is 10.1. The zero-order valence-electron chi connectivity index (χ0n) is 10.3. The van der Waals surface area contributed by atoms with Crippen LogP contribution in [-0.2, 0) is 4.79 Å². The van der Waals surface area contributed by atoms with Crippen molar-refractivity contribution in [2.75, 3.05) is 36.9 Å². The highest BCUT2D eigenvalue weighted by Crippen LogP contribution is 2.34. The van der Waals surface area contributed by atoms with Crippen LogP contribution in [-0.4, -0.2) is 43.5 Å². The molecule has 0 bridgehead atoms. The van der Waals surface area contributed by atoms with Crippen LogP contribution >= 0.6 is 11.6 Å². The molecule has 1 fully saturated rings. The third-order valence-electron chi connectivity index (χ3n) is 3.65. The minimum atomic E-state index is 0.0846. The van der Waals surface area contributed by atoms with E-state index in [9.17, 15) is 4.79 Å². The number of piperazine rings is 1. The molecule has 18 heavy (non-hydrogen) atoms. The maximum Gasteiger partial charge on any atom is 0.226 e. The molecule has 1 N–H and O–H groups in total. The van der Waals surface area contributed by atoms with Gasteiger partial charge in [-0.15, -0.1) is 0 Å². The fourth-order valence-electron chi connectivity index (χ4n) is 2.77. The van der Waals surface area contributed by atoms with Gasteiger partial charge in [0.25, 0.3) is 0 Å². The molecule has 5 heteroatoms. The van der Waals surface area contributed by atoms with Gasteiger partial charge in [0.05, 0.1) is 17.4 Å². The van der Waals surface area contributed by atoms with E-state index in [2.05, 4.69) is 22.2 Å². The Kier molecular flexibility index (Phi) is 2.92. The maximum atomic E-state index is 11.9. The van der Waals surface area contributed by atoms with E-state index in [1.165, 1.54) is 0 Å². The number of carbonyl (C=O) groups is 1. The third-order valence-corrected chi connectivity index (χ3v) is 3.89. The van der Waals surface area contributed by atoms with Gasteiger partial charge in [-0.1, -0.05) is 11.6 Å². The molecule has 1 atom stereocenters. The number of anilines is 2. The molecule has 0 aliphatic carbocycles. The second-order valence-electron chi connectivity index (χ2n) is 5.02. The number of nitrogens with zero attached hydrogens (tertiary/aromatic N) is 2. The lowest BCUT2D eigenvalue weighted by Gasteiger charge is -2.40. The van der Waals surface area contributed by atoms with E-state index in [1.807, 2.05) is 18.2 Å². The molecule has 1 aromatic carbocycles. The van der Waals surface area contributed by atoms with Crippen molar-refractivity contribution in [3.05, 3.63) is 23.2 Å². The highest BCUT2D eigenvalue weighted by Gasteiger charge is 2.31. The Morgan fingerprint density at radius 2 is 2.22 bits per heavy atom. The molecule has 0 saturated carbocycles. The number of rotatable bonds is 0. The Labute approximate surface area is 112 Å². The van der Waals surface area contributed by atoms with Crippen LogP contribution in [0.25, 0.3) is 0 Å². The molecule has 0 aromatic heterocycles. The van der Waals surface area contributed by atoms with Crippen LogP contribution in [0, 0.1) is 0 Å². The van der Waals surface area contributed by atoms with Crippen molar-refractivity contribution in [2.45, 2.75) is 12.5 Å². The van der Waals surface area contributed by atoms with E-state index in [-0.39, 0.29) is 11.9 Å². The Hall–Kier alpha value is -1.26. The highest BCUT2D eigenvalue weighted by molar-refractivity contribution is 6.31. The molecule has 4 nitrogen and oxygen atoms in total. The van der Waals surface area contributed by atoms with Crippen LogP contribution in [0.2, 0.25) is 5.02 Å². The van der Waals surface area contributed by atoms with Crippen LogP contribution in [0.1, 0.15) is 6.42 Å². The molecule has 0 spiro atoms. The fourth-order valence-corrected chi connectivity index (χ4v) is 2.93. The Bertz CT molecular complexity index is 491. The van der Waals surface area contributed by atoms with E-state index >= 15 is 0 Å². The fraction of sp³-hybridized carbons (Fsp3) is 0.462. The van der Waals surface area contributed by atoms with Gasteiger partial charge in [-0.3, -0.25) is 4.79 Å². The van der Waals surface area contributed by atoms with E-state index in [4.69, 9.17) is 11.6 Å². The molecule has 0 unspecified atom stereocenters. The van der Waals surface area contributed by atoms with Crippen LogP contribution in [0.3, 0.4) is 0 Å². The van der Waals surface area contributed by atoms with Crippen molar-refractivity contribution in [1.82, 2.24) is 4.90 Å². The summed E-state index contributed by atoms with van der Waals surface area (Å²) in [6.07, 6.45) is 0.538. The van der Waals surface area contributed by atoms with Gasteiger partial charge >= 0.3 is 0 Å². The predicted molar refractivity (Wildman–Crippen MR) is 73.3 cm³/mol. The number of benzene rings is 1. The molecular weight excluding hydrogens is 250 g/mol. The molecular formula is C13H16ClN3O. The number of amides is 1. The highest BCUT2D eigenvalue weighted by atomic mass is 35.5. The van der Waals surface area contributed by atoms with Crippen LogP contribution in [0.5, 0.6) is 0 Å². The summed E-state index contributed by atoms with van der Waals surface area (Å²) < 4.78 is 0. The van der Waals surface area contributed by atoms with Crippen molar-refractivity contribution < 1.29 is 4.79 Å². The molecule has 2 aliphatic rings. The number of hydrogen-bond acceptors (Lipinski definition) is 3. The summed E-state index contributed by atoms with van der Waals surface area (Å²) in [4.78, 5) is 16.5. The summed E-state index contributed by atoms with van der Waals surface area (Å²) in [6, 6.07) is 5.89. The molecule has 1 aromatic rings. The number of carbonyl (C=O) groups excluding carboxylic acids is 1. The zero-order valence-corrected chi connectivity index (χ0v) is 11.1. The van der Waals surface area contributed by atoms with Crippen molar-refractivity contribution in [2.24, 2.45) is 0 Å². The monoisotopic (exact) mass is 265 g/mol. The Morgan fingerprint density at radius 1 is 1.39 bits per heavy atom. The standard InChI is InChI=1S/C13H16ClN3O/c1-16-4-5-17-10(8-16)7-13(18)15-11-3-2-9(14)6-12(11)17/h2-3,6,10H,4-5,7-8H2,1H3,(H,15,18)/t10-/m0/s1. The lowest BCUT2D eigenvalue weighted by molar-refractivity contribution is -0.116. The molecule has 2 heterocycles. The summed E-state index contributed by atoms with van der Waals surface area (Å²) in [6.45, 7) is 2.86. The average molecular weight is 266 g/mol. The molecule has 1 saturated heterocycles. The summed E-state index contributed by atoms with van der Waals surface area (Å²) in [5, 5.41) is 3.67. The summed E-state index contributed by atoms with van der Waals surface area (Å²) >= 11 is 6.08. The van der Waals surface area contributed by atoms with Crippen molar-refractivity contribution in [1.29, 1.82) is 0 Å². The smallest absolute Gasteiger partial charge is 0.226 e. The van der Waals surface area contributed by atoms with Gasteiger partial charge in [0.1, 0.15) is 0 Å². The quantitative estimate of drug-likeness (QED) is 0.777. The first kappa shape index (κ1) is 11.8. The first-order valence-corrected chi connectivity index (χ1v) is 6.56. The average Bonchev–Trinajstić information content (AvgIpc) is 2.44. The molecule has 1 amide bonds. The third kappa shape index (κ3) is 2.06. The summed E-state index contributed by atoms with van der Waals surface area (Å²) in [7, 11) is 2.10. The van der Waals surface area contributed by atoms with Crippen LogP contribution < -0.4 is 10.2 Å². The van der Waals surface area contributed by atoms with E-state index in [1.54, 1.807) is 0 Å². The molecule has 96 valence electrons. The Balaban J connectivity index is 2.03. The van der Waals surface area contributed by atoms with Crippen molar-refractivity contribution in [3.8, 4) is 0 Å². The normalized spacial score (nSPS) is 24.0. The minimum absolute atomic E-state index is 0.0846. The van der Waals surface area contributed by atoms with Crippen molar-refractivity contribution >= 4 is 28.9 Å². The lowest BCUT2D eigenvalue weighted by Crippen LogP contribution is -2.52. The SMILES string of the molecule is CN1CCN2c3cc(Cl)ccc3NC(=O)C[C@H]2C1. The van der Waals surface area contributed by atoms with Gasteiger partial charge in [-0.2, -0.15) is 0 Å². The van der Waals surface area contributed by atoms with E-state index in [0.717, 1.165) is 31.0 Å². The number of likely N-dealkylation sites (N-methyl/N-ethyl adjacent to an activating group) is 1. The summed E-state index contributed by atoms with van der Waals surface area (Å²) in [5.74, 6) is 0.0846. The van der Waals surface area contributed by atoms with Gasteiger partial charge in [0.15, 0.2) is 0 Å².